The summed E-state index contributed by atoms with van der Waals surface area (Å²) < 4.78 is 5.62. The molecule has 1 fully saturated rings. The van der Waals surface area contributed by atoms with Crippen molar-refractivity contribution >= 4 is 18.0 Å². The molecule has 0 bridgehead atoms. The van der Waals surface area contributed by atoms with Crippen molar-refractivity contribution in [3.63, 3.8) is 0 Å². The molecule has 2 aliphatic carbocycles. The molecule has 0 spiro atoms. The smallest absolute Gasteiger partial charge is 0.407 e. The van der Waals surface area contributed by atoms with Gasteiger partial charge in [0.15, 0.2) is 0 Å². The topological polar surface area (TPSA) is 105 Å². The van der Waals surface area contributed by atoms with Crippen LogP contribution in [0.2, 0.25) is 0 Å². The summed E-state index contributed by atoms with van der Waals surface area (Å²) in [5, 5.41) is 14.9. The Hall–Kier alpha value is -3.35. The van der Waals surface area contributed by atoms with E-state index in [4.69, 9.17) is 9.84 Å². The van der Waals surface area contributed by atoms with Crippen LogP contribution in [0.15, 0.2) is 48.5 Å². The highest BCUT2D eigenvalue weighted by Crippen LogP contribution is 2.44. The van der Waals surface area contributed by atoms with Gasteiger partial charge in [-0.05, 0) is 47.4 Å². The fraction of sp³-hybridized carbons (Fsp3) is 0.444. The molecule has 0 saturated heterocycles. The number of carbonyl (C=O) groups is 3. The van der Waals surface area contributed by atoms with Crippen molar-refractivity contribution in [3.8, 4) is 11.1 Å². The SMILES string of the molecule is CC(C)C(CC(=O)O)NC(=O)C1CCC(NC(=O)OCC2c3ccccc3-c3ccccc32)C1. The summed E-state index contributed by atoms with van der Waals surface area (Å²) in [6.07, 6.45) is 1.29. The third-order valence-electron chi connectivity index (χ3n) is 7.00. The summed E-state index contributed by atoms with van der Waals surface area (Å²) in [6.45, 7) is 4.04. The largest absolute Gasteiger partial charge is 0.481 e. The van der Waals surface area contributed by atoms with Crippen molar-refractivity contribution in [2.45, 2.75) is 57.5 Å². The molecule has 34 heavy (non-hydrogen) atoms. The molecule has 0 aromatic heterocycles. The van der Waals surface area contributed by atoms with Crippen molar-refractivity contribution < 1.29 is 24.2 Å². The molecule has 2 aliphatic rings. The first kappa shape index (κ1) is 23.8. The molecule has 2 aromatic carbocycles. The number of carboxylic acids is 1. The number of benzene rings is 2. The van der Waals surface area contributed by atoms with Crippen LogP contribution in [0, 0.1) is 11.8 Å². The van der Waals surface area contributed by atoms with Crippen molar-refractivity contribution in [1.29, 1.82) is 0 Å². The Morgan fingerprint density at radius 1 is 1.00 bits per heavy atom. The minimum atomic E-state index is -0.930. The second-order valence-corrected chi connectivity index (χ2v) is 9.63. The summed E-state index contributed by atoms with van der Waals surface area (Å²) in [5.41, 5.74) is 4.68. The number of rotatable bonds is 8. The van der Waals surface area contributed by atoms with Crippen LogP contribution in [0.1, 0.15) is 56.6 Å². The molecule has 7 heteroatoms. The number of amides is 2. The molecule has 0 aliphatic heterocycles. The fourth-order valence-corrected chi connectivity index (χ4v) is 5.10. The molecule has 1 saturated carbocycles. The van der Waals surface area contributed by atoms with E-state index in [0.717, 1.165) is 11.1 Å². The van der Waals surface area contributed by atoms with Crippen LogP contribution < -0.4 is 10.6 Å². The van der Waals surface area contributed by atoms with Gasteiger partial charge in [0.25, 0.3) is 0 Å². The average molecular weight is 465 g/mol. The minimum Gasteiger partial charge on any atom is -0.481 e. The van der Waals surface area contributed by atoms with Gasteiger partial charge < -0.3 is 20.5 Å². The number of carboxylic acid groups (broad SMARTS) is 1. The van der Waals surface area contributed by atoms with Crippen LogP contribution >= 0.6 is 0 Å². The first-order chi connectivity index (χ1) is 16.3. The van der Waals surface area contributed by atoms with Gasteiger partial charge in [-0.25, -0.2) is 4.79 Å². The molecule has 2 amide bonds. The Morgan fingerprint density at radius 2 is 1.62 bits per heavy atom. The monoisotopic (exact) mass is 464 g/mol. The zero-order chi connectivity index (χ0) is 24.2. The maximum atomic E-state index is 12.7. The lowest BCUT2D eigenvalue weighted by molar-refractivity contribution is -0.138. The number of carbonyl (C=O) groups excluding carboxylic acids is 2. The van der Waals surface area contributed by atoms with Crippen LogP contribution in [0.3, 0.4) is 0 Å². The second kappa shape index (κ2) is 10.3. The van der Waals surface area contributed by atoms with Crippen LogP contribution in [-0.2, 0) is 14.3 Å². The van der Waals surface area contributed by atoms with E-state index >= 15 is 0 Å². The molecule has 2 aromatic rings. The predicted octanol–water partition coefficient (Wildman–Crippen LogP) is 4.31. The Morgan fingerprint density at radius 3 is 2.21 bits per heavy atom. The van der Waals surface area contributed by atoms with Gasteiger partial charge in [0.2, 0.25) is 5.91 Å². The highest BCUT2D eigenvalue weighted by molar-refractivity contribution is 5.81. The first-order valence-corrected chi connectivity index (χ1v) is 12.0. The Kier molecular flexibility index (Phi) is 7.20. The summed E-state index contributed by atoms with van der Waals surface area (Å²) in [7, 11) is 0. The predicted molar refractivity (Wildman–Crippen MR) is 128 cm³/mol. The molecular formula is C27H32N2O5. The molecular weight excluding hydrogens is 432 g/mol. The number of fused-ring (bicyclic) bond motifs is 3. The van der Waals surface area contributed by atoms with Crippen LogP contribution in [0.25, 0.3) is 11.1 Å². The third kappa shape index (κ3) is 5.24. The average Bonchev–Trinajstić information content (AvgIpc) is 3.39. The van der Waals surface area contributed by atoms with Gasteiger partial charge in [-0.3, -0.25) is 9.59 Å². The van der Waals surface area contributed by atoms with Gasteiger partial charge in [0.05, 0.1) is 6.42 Å². The molecule has 180 valence electrons. The number of hydrogen-bond donors (Lipinski definition) is 3. The van der Waals surface area contributed by atoms with E-state index in [-0.39, 0.29) is 42.7 Å². The lowest BCUT2D eigenvalue weighted by atomic mass is 9.98. The van der Waals surface area contributed by atoms with Crippen LogP contribution in [0.5, 0.6) is 0 Å². The van der Waals surface area contributed by atoms with Gasteiger partial charge >= 0.3 is 12.1 Å². The van der Waals surface area contributed by atoms with Gasteiger partial charge in [-0.1, -0.05) is 62.4 Å². The first-order valence-electron chi connectivity index (χ1n) is 12.0. The molecule has 0 heterocycles. The highest BCUT2D eigenvalue weighted by atomic mass is 16.5. The van der Waals surface area contributed by atoms with E-state index in [0.29, 0.717) is 19.3 Å². The Balaban J connectivity index is 1.29. The Bertz CT molecular complexity index is 1020. The van der Waals surface area contributed by atoms with Gasteiger partial charge in [0.1, 0.15) is 6.61 Å². The summed E-state index contributed by atoms with van der Waals surface area (Å²) in [5.74, 6) is -1.29. The van der Waals surface area contributed by atoms with E-state index < -0.39 is 18.1 Å². The minimum absolute atomic E-state index is 0.00227. The van der Waals surface area contributed by atoms with Crippen LogP contribution in [0.4, 0.5) is 4.79 Å². The zero-order valence-electron chi connectivity index (χ0n) is 19.6. The van der Waals surface area contributed by atoms with Gasteiger partial charge in [-0.15, -0.1) is 0 Å². The molecule has 0 radical (unpaired) electrons. The molecule has 4 rings (SSSR count). The number of aliphatic carboxylic acids is 1. The van der Waals surface area contributed by atoms with E-state index in [9.17, 15) is 14.4 Å². The fourth-order valence-electron chi connectivity index (χ4n) is 5.10. The van der Waals surface area contributed by atoms with Crippen molar-refractivity contribution in [1.82, 2.24) is 10.6 Å². The third-order valence-corrected chi connectivity index (χ3v) is 7.00. The molecule has 3 unspecified atom stereocenters. The summed E-state index contributed by atoms with van der Waals surface area (Å²) in [4.78, 5) is 36.3. The number of alkyl carbamates (subject to hydrolysis) is 1. The van der Waals surface area contributed by atoms with E-state index in [1.807, 2.05) is 38.1 Å². The van der Waals surface area contributed by atoms with Crippen molar-refractivity contribution in [2.75, 3.05) is 6.61 Å². The number of ether oxygens (including phenoxy) is 1. The summed E-state index contributed by atoms with van der Waals surface area (Å²) in [6, 6.07) is 15.8. The lowest BCUT2D eigenvalue weighted by Gasteiger charge is -2.22. The maximum Gasteiger partial charge on any atom is 0.407 e. The Labute approximate surface area is 199 Å². The highest BCUT2D eigenvalue weighted by Gasteiger charge is 2.33. The van der Waals surface area contributed by atoms with Gasteiger partial charge in [-0.2, -0.15) is 0 Å². The van der Waals surface area contributed by atoms with E-state index in [2.05, 4.69) is 34.9 Å². The quantitative estimate of drug-likeness (QED) is 0.540. The standard InChI is InChI=1S/C27H32N2O5/c1-16(2)24(14-25(30)31)29-26(32)17-11-12-18(13-17)28-27(33)34-15-23-21-9-5-3-7-19(21)20-8-4-6-10-22(20)23/h3-10,16-18,23-24H,11-15H2,1-2H3,(H,28,33)(H,29,32)(H,30,31). The van der Waals surface area contributed by atoms with Crippen molar-refractivity contribution in [2.24, 2.45) is 11.8 Å². The van der Waals surface area contributed by atoms with E-state index in [1.165, 1.54) is 11.1 Å². The summed E-state index contributed by atoms with van der Waals surface area (Å²) >= 11 is 0. The molecule has 3 N–H and O–H groups in total. The maximum absolute atomic E-state index is 12.7. The molecule has 7 nitrogen and oxygen atoms in total. The number of hydrogen-bond acceptors (Lipinski definition) is 4. The van der Waals surface area contributed by atoms with Gasteiger partial charge in [0, 0.05) is 23.9 Å². The lowest BCUT2D eigenvalue weighted by Crippen LogP contribution is -2.43. The second-order valence-electron chi connectivity index (χ2n) is 9.63. The number of nitrogens with one attached hydrogen (secondary N) is 2. The van der Waals surface area contributed by atoms with Crippen LogP contribution in [-0.4, -0.2) is 41.8 Å². The zero-order valence-corrected chi connectivity index (χ0v) is 19.6. The normalized spacial score (nSPS) is 19.9. The molecule has 3 atom stereocenters. The van der Waals surface area contributed by atoms with Crippen molar-refractivity contribution in [3.05, 3.63) is 59.7 Å². The van der Waals surface area contributed by atoms with E-state index in [1.54, 1.807) is 0 Å².